The summed E-state index contributed by atoms with van der Waals surface area (Å²) in [5.41, 5.74) is -6.59. The number of aliphatic hydroxyl groups is 5. The number of Topliss-reactive ketones (excluding diaryl/α,β-unsaturated/α-hetero) is 4. The number of carboxylic acid groups (broad SMARTS) is 1. The Labute approximate surface area is 403 Å². The van der Waals surface area contributed by atoms with Crippen LogP contribution in [0, 0.1) is 58.2 Å². The highest BCUT2D eigenvalue weighted by Crippen LogP contribution is 2.78. The molecule has 0 heterocycles. The van der Waals surface area contributed by atoms with E-state index in [4.69, 9.17) is 24.1 Å². The van der Waals surface area contributed by atoms with Gasteiger partial charge in [-0.3, -0.25) is 28.8 Å². The van der Waals surface area contributed by atoms with Crippen molar-refractivity contribution in [2.24, 2.45) is 58.2 Å². The molecule has 4 fully saturated rings. The lowest BCUT2D eigenvalue weighted by molar-refractivity contribution is -0.186. The fourth-order valence-electron chi connectivity index (χ4n) is 14.4. The van der Waals surface area contributed by atoms with Gasteiger partial charge in [-0.05, 0) is 74.7 Å². The van der Waals surface area contributed by atoms with Gasteiger partial charge in [0.15, 0.2) is 11.6 Å². The SMILES string of the molecule is CC(=O)CC(C)=O.CC(=O)O[C@@]12C[C@@H](C)[C@@]3(O)[C@@H](C=C(CO)C[C@]4(O)C(=O)C(C)=C[C@@H]34)[C@@H]1C2(C)C.CC(=O)O[C@@]12C[C@@H](C)[C@@]3(O)[C@@H](C=C(COCOCC(=O)O)C[C@]4(O)C(=O)C(C)=C[C@@H]34)[C@@H]1C2(C)C. The van der Waals surface area contributed by atoms with E-state index < -0.39 is 81.1 Å². The molecule has 0 aromatic rings. The van der Waals surface area contributed by atoms with Crippen LogP contribution in [0.3, 0.4) is 0 Å². The van der Waals surface area contributed by atoms with E-state index in [0.29, 0.717) is 35.1 Å². The van der Waals surface area contributed by atoms with Gasteiger partial charge in [0.2, 0.25) is 0 Å². The molecular formula is C52H72O17. The lowest BCUT2D eigenvalue weighted by Crippen LogP contribution is -2.61. The molecule has 0 unspecified atom stereocenters. The molecule has 8 aliphatic carbocycles. The van der Waals surface area contributed by atoms with Gasteiger partial charge in [-0.15, -0.1) is 0 Å². The maximum absolute atomic E-state index is 13.1. The first-order valence-electron chi connectivity index (χ1n) is 23.8. The smallest absolute Gasteiger partial charge is 0.329 e. The van der Waals surface area contributed by atoms with Crippen LogP contribution in [-0.4, -0.2) is 132 Å². The van der Waals surface area contributed by atoms with E-state index in [2.05, 4.69) is 0 Å². The molecule has 0 saturated heterocycles. The molecule has 6 N–H and O–H groups in total. The van der Waals surface area contributed by atoms with Gasteiger partial charge in [-0.2, -0.15) is 0 Å². The quantitative estimate of drug-likeness (QED) is 0.0566. The van der Waals surface area contributed by atoms with Crippen LogP contribution in [0.25, 0.3) is 0 Å². The van der Waals surface area contributed by atoms with Crippen LogP contribution in [0.5, 0.6) is 0 Å². The zero-order chi connectivity index (χ0) is 52.0. The summed E-state index contributed by atoms with van der Waals surface area (Å²) in [6.07, 6.45) is 8.04. The van der Waals surface area contributed by atoms with Crippen molar-refractivity contribution in [3.05, 3.63) is 46.6 Å². The van der Waals surface area contributed by atoms with Crippen molar-refractivity contribution >= 4 is 41.0 Å². The van der Waals surface area contributed by atoms with Crippen LogP contribution < -0.4 is 0 Å². The van der Waals surface area contributed by atoms with E-state index >= 15 is 0 Å². The Morgan fingerprint density at radius 3 is 1.38 bits per heavy atom. The summed E-state index contributed by atoms with van der Waals surface area (Å²) in [6, 6.07) is 0. The van der Waals surface area contributed by atoms with Crippen LogP contribution in [0.15, 0.2) is 46.6 Å². The Hall–Kier alpha value is -4.23. The molecule has 17 nitrogen and oxygen atoms in total. The topological polar surface area (TPSA) is 278 Å². The van der Waals surface area contributed by atoms with Crippen LogP contribution in [0.2, 0.25) is 0 Å². The third-order valence-corrected chi connectivity index (χ3v) is 17.4. The second-order valence-corrected chi connectivity index (χ2v) is 22.5. The van der Waals surface area contributed by atoms with Crippen LogP contribution in [0.4, 0.5) is 0 Å². The van der Waals surface area contributed by atoms with Gasteiger partial charge in [0, 0.05) is 73.0 Å². The van der Waals surface area contributed by atoms with Crippen LogP contribution in [-0.2, 0) is 52.5 Å². The van der Waals surface area contributed by atoms with Gasteiger partial charge >= 0.3 is 17.9 Å². The van der Waals surface area contributed by atoms with Gasteiger partial charge in [0.05, 0.1) is 30.8 Å². The van der Waals surface area contributed by atoms with Crippen molar-refractivity contribution in [2.75, 3.05) is 26.6 Å². The highest BCUT2D eigenvalue weighted by Gasteiger charge is 2.84. The minimum absolute atomic E-state index is 0.0000834. The molecule has 0 aliphatic heterocycles. The fraction of sp³-hybridized carbons (Fsp3) is 0.712. The molecule has 8 aliphatic rings. The summed E-state index contributed by atoms with van der Waals surface area (Å²) >= 11 is 0. The van der Waals surface area contributed by atoms with E-state index in [0.717, 1.165) is 0 Å². The number of rotatable bonds is 11. The third kappa shape index (κ3) is 8.44. The summed E-state index contributed by atoms with van der Waals surface area (Å²) in [5, 5.41) is 66.1. The van der Waals surface area contributed by atoms with E-state index in [9.17, 15) is 59.1 Å². The lowest BCUT2D eigenvalue weighted by Gasteiger charge is -2.50. The molecule has 382 valence electrons. The minimum Gasteiger partial charge on any atom is -0.480 e. The maximum Gasteiger partial charge on any atom is 0.329 e. The number of fused-ring (bicyclic) bond motifs is 10. The summed E-state index contributed by atoms with van der Waals surface area (Å²) in [6.45, 7) is 19.7. The zero-order valence-corrected chi connectivity index (χ0v) is 42.0. The number of hydrogen-bond acceptors (Lipinski definition) is 16. The molecule has 14 atom stereocenters. The molecule has 69 heavy (non-hydrogen) atoms. The zero-order valence-electron chi connectivity index (χ0n) is 42.0. The normalized spacial score (nSPS) is 41.2. The number of carboxylic acids is 1. The van der Waals surface area contributed by atoms with Crippen molar-refractivity contribution in [1.29, 1.82) is 0 Å². The second kappa shape index (κ2) is 18.1. The van der Waals surface area contributed by atoms with Gasteiger partial charge in [-0.25, -0.2) is 4.79 Å². The molecule has 0 aromatic heterocycles. The Morgan fingerprint density at radius 1 is 0.638 bits per heavy atom. The number of carbonyl (C=O) groups is 7. The Morgan fingerprint density at radius 2 is 1.03 bits per heavy atom. The molecule has 8 rings (SSSR count). The number of aliphatic carboxylic acids is 1. The number of carbonyl (C=O) groups excluding carboxylic acids is 6. The molecule has 0 spiro atoms. The van der Waals surface area contributed by atoms with Gasteiger partial charge in [0.1, 0.15) is 47.4 Å². The number of esters is 2. The summed E-state index contributed by atoms with van der Waals surface area (Å²) in [4.78, 5) is 80.5. The second-order valence-electron chi connectivity index (χ2n) is 22.5. The van der Waals surface area contributed by atoms with Crippen molar-refractivity contribution < 1.29 is 83.1 Å². The Kier molecular flexibility index (Phi) is 14.2. The summed E-state index contributed by atoms with van der Waals surface area (Å²) in [5.74, 6) is -6.38. The first-order valence-corrected chi connectivity index (χ1v) is 23.8. The first kappa shape index (κ1) is 54.1. The van der Waals surface area contributed by atoms with E-state index in [1.165, 1.54) is 27.7 Å². The fourth-order valence-corrected chi connectivity index (χ4v) is 14.4. The molecule has 0 aromatic carbocycles. The Balaban J connectivity index is 0.000000202. The van der Waals surface area contributed by atoms with Gasteiger partial charge in [0.25, 0.3) is 0 Å². The maximum atomic E-state index is 13.1. The molecule has 0 amide bonds. The largest absolute Gasteiger partial charge is 0.480 e. The summed E-state index contributed by atoms with van der Waals surface area (Å²) < 4.78 is 22.2. The highest BCUT2D eigenvalue weighted by atomic mass is 16.7. The average molecular weight is 969 g/mol. The van der Waals surface area contributed by atoms with Crippen LogP contribution >= 0.6 is 0 Å². The van der Waals surface area contributed by atoms with E-state index in [1.807, 2.05) is 53.7 Å². The van der Waals surface area contributed by atoms with E-state index in [-0.39, 0.29) is 97.6 Å². The van der Waals surface area contributed by atoms with Crippen molar-refractivity contribution in [2.45, 2.75) is 149 Å². The molecule has 4 saturated carbocycles. The number of ketones is 4. The standard InChI is InChI=1S/C25H34O9.C22H30O6.C5H8O2/c1-13-6-18-23(30,21(13)29)9-16(10-32-12-33-11-19(27)28)7-17-20-22(4,5)24(20,34-15(3)26)8-14(2)25(17,18)31;1-11-6-16-20(26,18(11)25)9-14(10-23)7-15-17-19(4,5)21(17,28-13(3)24)8-12(2)22(15,16)27;1-4(6)3-5(2)7/h6-7,14,17-18,20,30-31H,8-12H2,1-5H3,(H,27,28);6-7,12,15-17,23,26-27H,8-10H2,1-5H3;3H2,1-2H3/t14-,17+,18-,20-,23-,24+,25-;12-,15+,16-,17-,20-,21+,22-;/m11./s1. The predicted molar refractivity (Wildman–Crippen MR) is 245 cm³/mol. The Bertz CT molecular complexity index is 2310. The van der Waals surface area contributed by atoms with Crippen molar-refractivity contribution in [3.63, 3.8) is 0 Å². The number of ether oxygens (including phenoxy) is 4. The molecule has 17 heteroatoms. The number of hydrogen-bond donors (Lipinski definition) is 6. The number of aliphatic hydroxyl groups excluding tert-OH is 1. The monoisotopic (exact) mass is 968 g/mol. The lowest BCUT2D eigenvalue weighted by atomic mass is 9.60. The average Bonchev–Trinajstić information content (AvgIpc) is 3.82. The van der Waals surface area contributed by atoms with Crippen LogP contribution in [0.1, 0.15) is 115 Å². The molecule has 0 radical (unpaired) electrons. The van der Waals surface area contributed by atoms with E-state index in [1.54, 1.807) is 26.0 Å². The first-order chi connectivity index (χ1) is 31.7. The summed E-state index contributed by atoms with van der Waals surface area (Å²) in [7, 11) is 0. The van der Waals surface area contributed by atoms with Gasteiger partial charge in [-0.1, -0.05) is 65.8 Å². The molecular weight excluding hydrogens is 897 g/mol. The van der Waals surface area contributed by atoms with Crippen molar-refractivity contribution in [3.8, 4) is 0 Å². The minimum atomic E-state index is -1.82. The van der Waals surface area contributed by atoms with Gasteiger partial charge < -0.3 is 49.6 Å². The third-order valence-electron chi connectivity index (χ3n) is 17.4. The molecule has 0 bridgehead atoms. The predicted octanol–water partition coefficient (Wildman–Crippen LogP) is 3.70. The van der Waals surface area contributed by atoms with Crippen molar-refractivity contribution in [1.82, 2.24) is 0 Å². The highest BCUT2D eigenvalue weighted by molar-refractivity contribution is 6.05.